The van der Waals surface area contributed by atoms with Gasteiger partial charge >= 0.3 is 0 Å². The molecule has 1 aliphatic rings. The molecule has 0 unspecified atom stereocenters. The summed E-state index contributed by atoms with van der Waals surface area (Å²) >= 11 is 3.73. The maximum Gasteiger partial charge on any atom is 0.133 e. The number of rotatable bonds is 4. The topological polar surface area (TPSA) is 35.2 Å². The lowest BCUT2D eigenvalue weighted by Crippen LogP contribution is -2.32. The first kappa shape index (κ1) is 14.9. The van der Waals surface area contributed by atoms with Crippen molar-refractivity contribution >= 4 is 15.9 Å². The molecule has 0 amide bonds. The summed E-state index contributed by atoms with van der Waals surface area (Å²) in [4.78, 5) is 0. The quantitative estimate of drug-likeness (QED) is 0.893. The van der Waals surface area contributed by atoms with Gasteiger partial charge in [0.1, 0.15) is 5.75 Å². The van der Waals surface area contributed by atoms with Gasteiger partial charge in [-0.3, -0.25) is 0 Å². The number of hydrogen-bond acceptors (Lipinski definition) is 2. The summed E-state index contributed by atoms with van der Waals surface area (Å²) in [6, 6.07) is 4.47. The van der Waals surface area contributed by atoms with Gasteiger partial charge in [0.25, 0.3) is 0 Å². The summed E-state index contributed by atoms with van der Waals surface area (Å²) in [6.07, 6.45) is 4.93. The highest BCUT2D eigenvalue weighted by Gasteiger charge is 2.36. The average molecular weight is 326 g/mol. The zero-order chi connectivity index (χ0) is 14.0. The molecule has 0 saturated heterocycles. The number of benzene rings is 1. The Bertz CT molecular complexity index is 450. The second-order valence-electron chi connectivity index (χ2n) is 5.93. The van der Waals surface area contributed by atoms with E-state index in [0.717, 1.165) is 16.8 Å². The van der Waals surface area contributed by atoms with E-state index >= 15 is 0 Å². The highest BCUT2D eigenvalue weighted by atomic mass is 79.9. The Hall–Kier alpha value is -0.540. The van der Waals surface area contributed by atoms with E-state index < -0.39 is 0 Å². The number of methoxy groups -OCH3 is 1. The van der Waals surface area contributed by atoms with Gasteiger partial charge in [0.15, 0.2) is 0 Å². The molecule has 0 bridgehead atoms. The first-order chi connectivity index (χ1) is 9.04. The number of nitrogens with two attached hydrogens (primary N) is 1. The fourth-order valence-corrected chi connectivity index (χ4v) is 3.93. The Morgan fingerprint density at radius 1 is 1.32 bits per heavy atom. The lowest BCUT2D eigenvalue weighted by molar-refractivity contribution is 0.402. The van der Waals surface area contributed by atoms with Crippen molar-refractivity contribution in [2.24, 2.45) is 5.73 Å². The van der Waals surface area contributed by atoms with Gasteiger partial charge in [-0.15, -0.1) is 0 Å². The van der Waals surface area contributed by atoms with Crippen molar-refractivity contribution in [2.45, 2.75) is 50.9 Å². The summed E-state index contributed by atoms with van der Waals surface area (Å²) in [7, 11) is 1.73. The predicted molar refractivity (Wildman–Crippen MR) is 84.0 cm³/mol. The maximum absolute atomic E-state index is 6.13. The zero-order valence-electron chi connectivity index (χ0n) is 12.1. The van der Waals surface area contributed by atoms with Crippen LogP contribution in [-0.4, -0.2) is 13.7 Å². The fraction of sp³-hybridized carbons (Fsp3) is 0.625. The van der Waals surface area contributed by atoms with E-state index in [2.05, 4.69) is 41.9 Å². The summed E-state index contributed by atoms with van der Waals surface area (Å²) in [6.45, 7) is 5.16. The third-order valence-corrected chi connectivity index (χ3v) is 5.29. The number of hydrogen-bond donors (Lipinski definition) is 1. The summed E-state index contributed by atoms with van der Waals surface area (Å²) in [5.41, 5.74) is 8.93. The highest BCUT2D eigenvalue weighted by molar-refractivity contribution is 9.10. The average Bonchev–Trinajstić information content (AvgIpc) is 2.88. The van der Waals surface area contributed by atoms with E-state index in [9.17, 15) is 0 Å². The first-order valence-corrected chi connectivity index (χ1v) is 7.91. The molecule has 106 valence electrons. The zero-order valence-corrected chi connectivity index (χ0v) is 13.7. The van der Waals surface area contributed by atoms with Gasteiger partial charge in [0, 0.05) is 12.0 Å². The van der Waals surface area contributed by atoms with Crippen LogP contribution in [0.2, 0.25) is 0 Å². The molecule has 2 nitrogen and oxygen atoms in total. The molecule has 1 saturated carbocycles. The Morgan fingerprint density at radius 2 is 1.95 bits per heavy atom. The van der Waals surface area contributed by atoms with Crippen LogP contribution in [0.3, 0.4) is 0 Å². The van der Waals surface area contributed by atoms with Gasteiger partial charge in [0.05, 0.1) is 11.6 Å². The Balaban J connectivity index is 2.57. The standard InChI is InChI=1S/C16H24BrNO/c1-11(2)12-8-13(15(17)14(9-12)19-3)16(10-18)6-4-5-7-16/h8-9,11H,4-7,10,18H2,1-3H3. The molecule has 2 rings (SSSR count). The van der Waals surface area contributed by atoms with Crippen molar-refractivity contribution in [3.05, 3.63) is 27.7 Å². The predicted octanol–water partition coefficient (Wildman–Crippen LogP) is 4.35. The van der Waals surface area contributed by atoms with E-state index in [1.165, 1.54) is 36.8 Å². The molecule has 3 heteroatoms. The molecule has 1 fully saturated rings. The molecule has 1 aliphatic carbocycles. The highest BCUT2D eigenvalue weighted by Crippen LogP contribution is 2.46. The van der Waals surface area contributed by atoms with E-state index in [1.807, 2.05) is 0 Å². The molecule has 0 aliphatic heterocycles. The lowest BCUT2D eigenvalue weighted by Gasteiger charge is -2.30. The van der Waals surface area contributed by atoms with Crippen molar-refractivity contribution < 1.29 is 4.74 Å². The van der Waals surface area contributed by atoms with Crippen LogP contribution >= 0.6 is 15.9 Å². The van der Waals surface area contributed by atoms with Crippen molar-refractivity contribution in [3.8, 4) is 5.75 Å². The van der Waals surface area contributed by atoms with Gasteiger partial charge in [-0.2, -0.15) is 0 Å². The van der Waals surface area contributed by atoms with Crippen LogP contribution in [0, 0.1) is 0 Å². The van der Waals surface area contributed by atoms with Crippen LogP contribution in [0.15, 0.2) is 16.6 Å². The van der Waals surface area contributed by atoms with Crippen molar-refractivity contribution in [1.82, 2.24) is 0 Å². The molecule has 0 atom stereocenters. The summed E-state index contributed by atoms with van der Waals surface area (Å²) in [5.74, 6) is 1.43. The molecule has 0 spiro atoms. The SMILES string of the molecule is COc1cc(C(C)C)cc(C2(CN)CCCC2)c1Br. The third kappa shape index (κ3) is 2.68. The van der Waals surface area contributed by atoms with Gasteiger partial charge < -0.3 is 10.5 Å². The second kappa shape index (κ2) is 5.84. The van der Waals surface area contributed by atoms with Crippen LogP contribution in [0.1, 0.15) is 56.6 Å². The van der Waals surface area contributed by atoms with E-state index in [-0.39, 0.29) is 5.41 Å². The molecule has 0 heterocycles. The summed E-state index contributed by atoms with van der Waals surface area (Å²) in [5, 5.41) is 0. The van der Waals surface area contributed by atoms with Gasteiger partial charge in [-0.05, 0) is 51.9 Å². The normalized spacial score (nSPS) is 18.0. The Labute approximate surface area is 124 Å². The van der Waals surface area contributed by atoms with E-state index in [1.54, 1.807) is 7.11 Å². The Kier molecular flexibility index (Phi) is 4.57. The lowest BCUT2D eigenvalue weighted by atomic mass is 9.77. The molecule has 0 aromatic heterocycles. The van der Waals surface area contributed by atoms with Crippen molar-refractivity contribution in [2.75, 3.05) is 13.7 Å². The minimum Gasteiger partial charge on any atom is -0.496 e. The fourth-order valence-electron chi connectivity index (χ4n) is 3.12. The van der Waals surface area contributed by atoms with Crippen LogP contribution in [0.25, 0.3) is 0 Å². The number of halogens is 1. The molecule has 0 radical (unpaired) electrons. The minimum atomic E-state index is 0.136. The van der Waals surface area contributed by atoms with Crippen LogP contribution in [-0.2, 0) is 5.41 Å². The molecular formula is C16H24BrNO. The Morgan fingerprint density at radius 3 is 2.42 bits per heavy atom. The number of ether oxygens (including phenoxy) is 1. The van der Waals surface area contributed by atoms with Crippen LogP contribution < -0.4 is 10.5 Å². The van der Waals surface area contributed by atoms with Gasteiger partial charge in [-0.1, -0.05) is 32.8 Å². The molecule has 2 N–H and O–H groups in total. The second-order valence-corrected chi connectivity index (χ2v) is 6.72. The molecule has 1 aromatic carbocycles. The van der Waals surface area contributed by atoms with E-state index in [0.29, 0.717) is 5.92 Å². The van der Waals surface area contributed by atoms with Gasteiger partial charge in [-0.25, -0.2) is 0 Å². The monoisotopic (exact) mass is 325 g/mol. The maximum atomic E-state index is 6.13. The van der Waals surface area contributed by atoms with Crippen LogP contribution in [0.4, 0.5) is 0 Å². The molecular weight excluding hydrogens is 302 g/mol. The summed E-state index contributed by atoms with van der Waals surface area (Å²) < 4.78 is 6.63. The van der Waals surface area contributed by atoms with E-state index in [4.69, 9.17) is 10.5 Å². The van der Waals surface area contributed by atoms with Gasteiger partial charge in [0.2, 0.25) is 0 Å². The first-order valence-electron chi connectivity index (χ1n) is 7.12. The van der Waals surface area contributed by atoms with Crippen molar-refractivity contribution in [1.29, 1.82) is 0 Å². The third-order valence-electron chi connectivity index (χ3n) is 4.47. The molecule has 1 aromatic rings. The largest absolute Gasteiger partial charge is 0.496 e. The minimum absolute atomic E-state index is 0.136. The van der Waals surface area contributed by atoms with Crippen LogP contribution in [0.5, 0.6) is 5.75 Å². The smallest absolute Gasteiger partial charge is 0.133 e. The molecule has 19 heavy (non-hydrogen) atoms. The van der Waals surface area contributed by atoms with Crippen molar-refractivity contribution in [3.63, 3.8) is 0 Å².